The molecule has 2 amide bonds. The second-order valence-corrected chi connectivity index (χ2v) is 6.24. The van der Waals surface area contributed by atoms with E-state index in [4.69, 9.17) is 10.5 Å². The van der Waals surface area contributed by atoms with E-state index in [9.17, 15) is 22.8 Å². The molecule has 0 aliphatic carbocycles. The molecule has 0 unspecified atom stereocenters. The Labute approximate surface area is 142 Å². The number of amides is 2. The number of nitrogens with two attached hydrogens (primary N) is 1. The van der Waals surface area contributed by atoms with Crippen molar-refractivity contribution in [1.82, 2.24) is 4.90 Å². The highest BCUT2D eigenvalue weighted by molar-refractivity contribution is 5.91. The van der Waals surface area contributed by atoms with Crippen molar-refractivity contribution < 1.29 is 27.5 Å². The largest absolute Gasteiger partial charge is 0.444 e. The van der Waals surface area contributed by atoms with Gasteiger partial charge in [0, 0.05) is 24.7 Å². The molecule has 1 fully saturated rings. The number of primary amides is 1. The summed E-state index contributed by atoms with van der Waals surface area (Å²) in [5, 5.41) is 0. The van der Waals surface area contributed by atoms with Gasteiger partial charge in [-0.1, -0.05) is 6.07 Å². The molecule has 0 radical (unpaired) electrons. The first-order valence-electron chi connectivity index (χ1n) is 7.92. The maximum absolute atomic E-state index is 13.0. The van der Waals surface area contributed by atoms with Gasteiger partial charge in [-0.15, -0.1) is 0 Å². The Kier molecular flexibility index (Phi) is 4.59. The lowest BCUT2D eigenvalue weighted by molar-refractivity contribution is -0.137. The Balaban J connectivity index is 1.83. The zero-order valence-corrected chi connectivity index (χ0v) is 13.4. The molecule has 0 bridgehead atoms. The number of hydrogen-bond donors (Lipinski definition) is 1. The predicted molar refractivity (Wildman–Crippen MR) is 82.8 cm³/mol. The number of hydrogen-bond acceptors (Lipinski definition) is 4. The molecule has 2 aliphatic rings. The molecule has 6 nitrogen and oxygen atoms in total. The smallest absolute Gasteiger partial charge is 0.416 e. The number of fused-ring (bicyclic) bond motifs is 1. The molecule has 0 saturated carbocycles. The van der Waals surface area contributed by atoms with Crippen molar-refractivity contribution in [3.63, 3.8) is 0 Å². The monoisotopic (exact) mass is 357 g/mol. The molecule has 0 aromatic heterocycles. The van der Waals surface area contributed by atoms with E-state index < -0.39 is 23.7 Å². The van der Waals surface area contributed by atoms with Crippen LogP contribution in [0.25, 0.3) is 0 Å². The molecule has 2 heterocycles. The average molecular weight is 357 g/mol. The first-order chi connectivity index (χ1) is 11.8. The minimum absolute atomic E-state index is 0.0384. The summed E-state index contributed by atoms with van der Waals surface area (Å²) in [6.07, 6.45) is -4.07. The predicted octanol–water partition coefficient (Wildman–Crippen LogP) is 2.11. The van der Waals surface area contributed by atoms with Crippen LogP contribution in [-0.2, 0) is 22.3 Å². The van der Waals surface area contributed by atoms with E-state index in [0.29, 0.717) is 31.5 Å². The number of likely N-dealkylation sites (tertiary alicyclic amines) is 1. The summed E-state index contributed by atoms with van der Waals surface area (Å²) in [6, 6.07) is 3.07. The molecule has 1 aromatic carbocycles. The van der Waals surface area contributed by atoms with Gasteiger partial charge in [0.05, 0.1) is 17.8 Å². The molecule has 9 heteroatoms. The van der Waals surface area contributed by atoms with Crippen LogP contribution in [0.4, 0.5) is 23.7 Å². The van der Waals surface area contributed by atoms with E-state index in [2.05, 4.69) is 0 Å². The van der Waals surface area contributed by atoms with Crippen molar-refractivity contribution in [2.45, 2.75) is 31.7 Å². The summed E-state index contributed by atoms with van der Waals surface area (Å²) >= 11 is 0. The van der Waals surface area contributed by atoms with Crippen LogP contribution < -0.4 is 10.6 Å². The number of halogens is 3. The Hall–Kier alpha value is -2.29. The van der Waals surface area contributed by atoms with E-state index in [0.717, 1.165) is 12.1 Å². The van der Waals surface area contributed by atoms with Gasteiger partial charge in [0.1, 0.15) is 6.61 Å². The summed E-state index contributed by atoms with van der Waals surface area (Å²) in [6.45, 7) is 1.16. The summed E-state index contributed by atoms with van der Waals surface area (Å²) in [5.74, 6) is -0.434. The maximum Gasteiger partial charge on any atom is 0.416 e. The van der Waals surface area contributed by atoms with Crippen LogP contribution in [0.2, 0.25) is 0 Å². The zero-order valence-electron chi connectivity index (χ0n) is 13.4. The van der Waals surface area contributed by atoms with E-state index in [-0.39, 0.29) is 24.9 Å². The average Bonchev–Trinajstić information content (AvgIpc) is 2.54. The highest BCUT2D eigenvalue weighted by atomic mass is 19.4. The molecule has 2 aliphatic heterocycles. The summed E-state index contributed by atoms with van der Waals surface area (Å²) in [5.41, 5.74) is 5.18. The van der Waals surface area contributed by atoms with Crippen molar-refractivity contribution in [3.05, 3.63) is 29.3 Å². The van der Waals surface area contributed by atoms with Crippen molar-refractivity contribution in [3.8, 4) is 0 Å². The number of carbonyl (C=O) groups excluding carboxylic acids is 2. The van der Waals surface area contributed by atoms with Gasteiger partial charge in [-0.05, 0) is 25.0 Å². The van der Waals surface area contributed by atoms with Crippen LogP contribution in [0.1, 0.15) is 24.0 Å². The zero-order chi connectivity index (χ0) is 18.2. The van der Waals surface area contributed by atoms with Crippen LogP contribution in [0.3, 0.4) is 0 Å². The van der Waals surface area contributed by atoms with Gasteiger partial charge in [-0.2, -0.15) is 13.2 Å². The van der Waals surface area contributed by atoms with Crippen LogP contribution in [0, 0.1) is 0 Å². The highest BCUT2D eigenvalue weighted by Crippen LogP contribution is 2.37. The maximum atomic E-state index is 13.0. The lowest BCUT2D eigenvalue weighted by Gasteiger charge is -2.40. The van der Waals surface area contributed by atoms with E-state index in [1.54, 1.807) is 0 Å². The van der Waals surface area contributed by atoms with Gasteiger partial charge in [-0.3, -0.25) is 14.6 Å². The molecule has 0 spiro atoms. The molecule has 0 atom stereocenters. The fraction of sp³-hybridized carbons (Fsp3) is 0.500. The third-order valence-corrected chi connectivity index (χ3v) is 4.52. The van der Waals surface area contributed by atoms with Crippen molar-refractivity contribution in [2.24, 2.45) is 5.73 Å². The molecule has 2 N–H and O–H groups in total. The molecule has 3 rings (SSSR count). The van der Waals surface area contributed by atoms with Crippen molar-refractivity contribution >= 4 is 17.7 Å². The number of rotatable bonds is 3. The molecule has 1 aromatic rings. The molecular formula is C16H18F3N3O3. The van der Waals surface area contributed by atoms with Gasteiger partial charge in [-0.25, -0.2) is 4.79 Å². The summed E-state index contributed by atoms with van der Waals surface area (Å²) in [4.78, 5) is 26.4. The standard InChI is InChI=1S/C16H18F3N3O3/c17-16(18,19)11-2-1-10-9-25-15(24)22(13(10)7-11)12-3-5-21(6-4-12)8-14(20)23/h1-2,7,12H,3-6,8-9H2,(H2,20,23). The third-order valence-electron chi connectivity index (χ3n) is 4.52. The number of piperidine rings is 1. The SMILES string of the molecule is NC(=O)CN1CCC(N2C(=O)OCc3ccc(C(F)(F)F)cc32)CC1. The molecule has 1 saturated heterocycles. The Morgan fingerprint density at radius 1 is 1.28 bits per heavy atom. The Morgan fingerprint density at radius 2 is 1.96 bits per heavy atom. The topological polar surface area (TPSA) is 75.9 Å². The summed E-state index contributed by atoms with van der Waals surface area (Å²) in [7, 11) is 0. The fourth-order valence-electron chi connectivity index (χ4n) is 3.30. The fourth-order valence-corrected chi connectivity index (χ4v) is 3.30. The van der Waals surface area contributed by atoms with Gasteiger partial charge in [0.25, 0.3) is 0 Å². The van der Waals surface area contributed by atoms with Crippen LogP contribution in [0.15, 0.2) is 18.2 Å². The van der Waals surface area contributed by atoms with Crippen molar-refractivity contribution in [1.29, 1.82) is 0 Å². The number of alkyl halides is 3. The first kappa shape index (κ1) is 17.5. The normalized spacial score (nSPS) is 19.5. The summed E-state index contributed by atoms with van der Waals surface area (Å²) < 4.78 is 44.1. The number of benzene rings is 1. The van der Waals surface area contributed by atoms with Gasteiger partial charge < -0.3 is 10.5 Å². The van der Waals surface area contributed by atoms with Gasteiger partial charge in [0.2, 0.25) is 5.91 Å². The molecule has 136 valence electrons. The van der Waals surface area contributed by atoms with E-state index in [1.807, 2.05) is 4.90 Å². The van der Waals surface area contributed by atoms with E-state index >= 15 is 0 Å². The minimum Gasteiger partial charge on any atom is -0.444 e. The Morgan fingerprint density at radius 3 is 2.56 bits per heavy atom. The lowest BCUT2D eigenvalue weighted by atomic mass is 9.99. The molecule has 25 heavy (non-hydrogen) atoms. The first-order valence-corrected chi connectivity index (χ1v) is 7.92. The number of nitrogens with zero attached hydrogens (tertiary/aromatic N) is 2. The van der Waals surface area contributed by atoms with Gasteiger partial charge >= 0.3 is 12.3 Å². The quantitative estimate of drug-likeness (QED) is 0.899. The molecular weight excluding hydrogens is 339 g/mol. The number of carbonyl (C=O) groups is 2. The van der Waals surface area contributed by atoms with Crippen LogP contribution in [-0.4, -0.2) is 42.6 Å². The number of cyclic esters (lactones) is 1. The minimum atomic E-state index is -4.48. The highest BCUT2D eigenvalue weighted by Gasteiger charge is 2.37. The number of anilines is 1. The van der Waals surface area contributed by atoms with Crippen LogP contribution in [0.5, 0.6) is 0 Å². The number of ether oxygens (including phenoxy) is 1. The lowest BCUT2D eigenvalue weighted by Crippen LogP contribution is -2.50. The Bertz CT molecular complexity index is 685. The van der Waals surface area contributed by atoms with Gasteiger partial charge in [0.15, 0.2) is 0 Å². The van der Waals surface area contributed by atoms with E-state index in [1.165, 1.54) is 11.0 Å². The second-order valence-electron chi connectivity index (χ2n) is 6.24. The third kappa shape index (κ3) is 3.71. The van der Waals surface area contributed by atoms with Crippen molar-refractivity contribution in [2.75, 3.05) is 24.5 Å². The van der Waals surface area contributed by atoms with Crippen LogP contribution >= 0.6 is 0 Å². The second kappa shape index (κ2) is 6.55.